The normalized spacial score (nSPS) is 13.8. The number of hydrogen-bond donors (Lipinski definition) is 2. The number of aliphatic carboxylic acids is 1. The topological polar surface area (TPSA) is 92.7 Å². The average Bonchev–Trinajstić information content (AvgIpc) is 2.13. The zero-order valence-corrected chi connectivity index (χ0v) is 8.94. The predicted octanol–water partition coefficient (Wildman–Crippen LogP) is -0.0826. The van der Waals surface area contributed by atoms with Crippen molar-refractivity contribution in [2.45, 2.75) is 39.3 Å². The molecule has 0 aliphatic heterocycles. The smallest absolute Gasteiger partial charge is 0.344 e. The molecular weight excluding hydrogens is 202 g/mol. The largest absolute Gasteiger partial charge is 0.479 e. The lowest BCUT2D eigenvalue weighted by molar-refractivity contribution is -0.164. The minimum atomic E-state index is -1.22. The molecule has 0 bridgehead atoms. The van der Waals surface area contributed by atoms with Crippen LogP contribution in [0.25, 0.3) is 0 Å². The molecule has 6 heteroatoms. The van der Waals surface area contributed by atoms with Gasteiger partial charge in [-0.1, -0.05) is 6.92 Å². The van der Waals surface area contributed by atoms with Crippen molar-refractivity contribution in [3.63, 3.8) is 0 Å². The number of amides is 1. The molecule has 0 fully saturated rings. The van der Waals surface area contributed by atoms with Crippen LogP contribution in [0.2, 0.25) is 0 Å². The van der Waals surface area contributed by atoms with Gasteiger partial charge < -0.3 is 15.2 Å². The Morgan fingerprint density at radius 2 is 1.93 bits per heavy atom. The lowest BCUT2D eigenvalue weighted by Gasteiger charge is -2.16. The predicted molar refractivity (Wildman–Crippen MR) is 51.1 cm³/mol. The van der Waals surface area contributed by atoms with Crippen LogP contribution in [-0.4, -0.2) is 35.1 Å². The molecule has 6 nitrogen and oxygen atoms in total. The number of carboxylic acids is 1. The minimum Gasteiger partial charge on any atom is -0.479 e. The number of esters is 1. The van der Waals surface area contributed by atoms with Gasteiger partial charge in [-0.25, -0.2) is 9.59 Å². The first kappa shape index (κ1) is 13.4. The van der Waals surface area contributed by atoms with Crippen molar-refractivity contribution in [2.24, 2.45) is 0 Å². The van der Waals surface area contributed by atoms with Crippen LogP contribution in [0.4, 0.5) is 0 Å². The van der Waals surface area contributed by atoms with E-state index in [-0.39, 0.29) is 5.91 Å². The Balaban J connectivity index is 4.27. The van der Waals surface area contributed by atoms with Gasteiger partial charge in [0.25, 0.3) is 0 Å². The van der Waals surface area contributed by atoms with Crippen LogP contribution >= 0.6 is 0 Å². The maximum Gasteiger partial charge on any atom is 0.344 e. The number of ether oxygens (including phenoxy) is 1. The quantitative estimate of drug-likeness (QED) is 0.628. The van der Waals surface area contributed by atoms with Crippen molar-refractivity contribution in [3.8, 4) is 0 Å². The minimum absolute atomic E-state index is 0.352. The Hall–Kier alpha value is -1.59. The molecule has 0 saturated carbocycles. The molecule has 86 valence electrons. The highest BCUT2D eigenvalue weighted by atomic mass is 16.6. The fourth-order valence-corrected chi connectivity index (χ4v) is 0.880. The highest BCUT2D eigenvalue weighted by Gasteiger charge is 2.23. The molecule has 0 aliphatic carbocycles. The van der Waals surface area contributed by atoms with E-state index in [9.17, 15) is 14.4 Å². The molecule has 0 heterocycles. The first-order valence-corrected chi connectivity index (χ1v) is 4.58. The first-order valence-electron chi connectivity index (χ1n) is 4.58. The van der Waals surface area contributed by atoms with Crippen molar-refractivity contribution >= 4 is 17.8 Å². The first-order chi connectivity index (χ1) is 6.88. The van der Waals surface area contributed by atoms with Crippen molar-refractivity contribution in [2.75, 3.05) is 0 Å². The van der Waals surface area contributed by atoms with Crippen molar-refractivity contribution in [1.82, 2.24) is 5.32 Å². The molecule has 15 heavy (non-hydrogen) atoms. The lowest BCUT2D eigenvalue weighted by atomic mass is 10.2. The maximum absolute atomic E-state index is 11.3. The third-order valence-corrected chi connectivity index (χ3v) is 1.71. The Labute approximate surface area is 87.6 Å². The van der Waals surface area contributed by atoms with E-state index in [1.165, 1.54) is 13.8 Å². The molecule has 0 aliphatic rings. The number of nitrogens with one attached hydrogen (secondary N) is 1. The molecular formula is C9H15NO5. The second-order valence-electron chi connectivity index (χ2n) is 3.08. The van der Waals surface area contributed by atoms with Gasteiger partial charge in [0.1, 0.15) is 6.04 Å². The third kappa shape index (κ3) is 4.99. The van der Waals surface area contributed by atoms with Crippen molar-refractivity contribution < 1.29 is 24.2 Å². The Kier molecular flexibility index (Phi) is 5.36. The van der Waals surface area contributed by atoms with E-state index < -0.39 is 24.1 Å². The molecule has 2 N–H and O–H groups in total. The second kappa shape index (κ2) is 6.00. The van der Waals surface area contributed by atoms with Gasteiger partial charge in [-0.05, 0) is 13.3 Å². The van der Waals surface area contributed by atoms with Gasteiger partial charge in [0.2, 0.25) is 5.91 Å². The molecule has 0 aromatic carbocycles. The SMILES string of the molecule is CCC(NC(C)=O)C(=O)OC(C)C(=O)O. The van der Waals surface area contributed by atoms with E-state index in [1.54, 1.807) is 6.92 Å². The fraction of sp³-hybridized carbons (Fsp3) is 0.667. The molecule has 2 atom stereocenters. The zero-order valence-electron chi connectivity index (χ0n) is 8.94. The van der Waals surface area contributed by atoms with Gasteiger partial charge in [0.05, 0.1) is 0 Å². The van der Waals surface area contributed by atoms with Gasteiger partial charge in [-0.3, -0.25) is 4.79 Å². The monoisotopic (exact) mass is 217 g/mol. The summed E-state index contributed by atoms with van der Waals surface area (Å²) in [4.78, 5) is 32.4. The highest BCUT2D eigenvalue weighted by molar-refractivity contribution is 5.85. The van der Waals surface area contributed by atoms with E-state index in [0.717, 1.165) is 0 Å². The fourth-order valence-electron chi connectivity index (χ4n) is 0.880. The van der Waals surface area contributed by atoms with Crippen LogP contribution in [-0.2, 0) is 19.1 Å². The van der Waals surface area contributed by atoms with Crippen LogP contribution in [0.5, 0.6) is 0 Å². The summed E-state index contributed by atoms with van der Waals surface area (Å²) < 4.78 is 4.61. The summed E-state index contributed by atoms with van der Waals surface area (Å²) in [7, 11) is 0. The molecule has 0 aromatic heterocycles. The summed E-state index contributed by atoms with van der Waals surface area (Å²) in [6.45, 7) is 4.21. The molecule has 0 radical (unpaired) electrons. The van der Waals surface area contributed by atoms with Gasteiger partial charge in [-0.2, -0.15) is 0 Å². The Morgan fingerprint density at radius 3 is 2.27 bits per heavy atom. The van der Waals surface area contributed by atoms with E-state index >= 15 is 0 Å². The molecule has 0 aromatic rings. The highest BCUT2D eigenvalue weighted by Crippen LogP contribution is 1.99. The zero-order chi connectivity index (χ0) is 12.0. The lowest BCUT2D eigenvalue weighted by Crippen LogP contribution is -2.42. The van der Waals surface area contributed by atoms with Gasteiger partial charge >= 0.3 is 11.9 Å². The average molecular weight is 217 g/mol. The number of carbonyl (C=O) groups is 3. The molecule has 0 spiro atoms. The van der Waals surface area contributed by atoms with Crippen LogP contribution in [0.15, 0.2) is 0 Å². The van der Waals surface area contributed by atoms with Gasteiger partial charge in [0.15, 0.2) is 6.10 Å². The standard InChI is InChI=1S/C9H15NO5/c1-4-7(10-6(3)11)9(14)15-5(2)8(12)13/h5,7H,4H2,1-3H3,(H,10,11)(H,12,13). The Morgan fingerprint density at radius 1 is 1.40 bits per heavy atom. The summed E-state index contributed by atoms with van der Waals surface area (Å²) in [6, 6.07) is -0.788. The second-order valence-corrected chi connectivity index (χ2v) is 3.08. The number of carbonyl (C=O) groups excluding carboxylic acids is 2. The molecule has 1 amide bonds. The van der Waals surface area contributed by atoms with Crippen LogP contribution in [0.1, 0.15) is 27.2 Å². The van der Waals surface area contributed by atoms with E-state index in [1.807, 2.05) is 0 Å². The van der Waals surface area contributed by atoms with Gasteiger partial charge in [-0.15, -0.1) is 0 Å². The summed E-state index contributed by atoms with van der Waals surface area (Å²) in [5.41, 5.74) is 0. The molecule has 0 rings (SSSR count). The van der Waals surface area contributed by atoms with E-state index in [4.69, 9.17) is 5.11 Å². The molecule has 0 saturated heterocycles. The van der Waals surface area contributed by atoms with Crippen molar-refractivity contribution in [1.29, 1.82) is 0 Å². The summed E-state index contributed by atoms with van der Waals surface area (Å²) in [5, 5.41) is 10.9. The number of hydrogen-bond acceptors (Lipinski definition) is 4. The molecule has 2 unspecified atom stereocenters. The number of carboxylic acid groups (broad SMARTS) is 1. The van der Waals surface area contributed by atoms with Crippen LogP contribution in [0.3, 0.4) is 0 Å². The van der Waals surface area contributed by atoms with E-state index in [0.29, 0.717) is 6.42 Å². The van der Waals surface area contributed by atoms with E-state index in [2.05, 4.69) is 10.1 Å². The number of rotatable bonds is 5. The third-order valence-electron chi connectivity index (χ3n) is 1.71. The summed E-state index contributed by atoms with van der Waals surface area (Å²) in [5.74, 6) is -2.31. The van der Waals surface area contributed by atoms with Crippen LogP contribution < -0.4 is 5.32 Å². The summed E-state index contributed by atoms with van der Waals surface area (Å²) >= 11 is 0. The summed E-state index contributed by atoms with van der Waals surface area (Å²) in [6.07, 6.45) is -0.856. The van der Waals surface area contributed by atoms with Crippen LogP contribution in [0, 0.1) is 0 Å². The maximum atomic E-state index is 11.3. The Bertz CT molecular complexity index is 263. The van der Waals surface area contributed by atoms with Crippen molar-refractivity contribution in [3.05, 3.63) is 0 Å². The van der Waals surface area contributed by atoms with Gasteiger partial charge in [0, 0.05) is 6.92 Å².